The third kappa shape index (κ3) is 2.68. The standard InChI is InChI=1S/C22H15N5O/c28-19-12-6-1-7-14(19)13-23-26-22-24-20-17-10-4-2-8-15(17)16-9-3-5-11-18(16)21(20)25-27-22/h1-13,28H,(H,24,26,27). The largest absolute Gasteiger partial charge is 0.507 e. The molecule has 0 aliphatic rings. The number of para-hydroxylation sites is 1. The highest BCUT2D eigenvalue weighted by atomic mass is 16.3. The second kappa shape index (κ2) is 6.59. The number of rotatable bonds is 3. The van der Waals surface area contributed by atoms with Crippen molar-refractivity contribution in [3.63, 3.8) is 0 Å². The molecule has 5 rings (SSSR count). The van der Waals surface area contributed by atoms with E-state index in [2.05, 4.69) is 37.8 Å². The highest BCUT2D eigenvalue weighted by Crippen LogP contribution is 2.32. The molecule has 0 aliphatic carbocycles. The first-order valence-corrected chi connectivity index (χ1v) is 8.82. The topological polar surface area (TPSA) is 83.3 Å². The minimum Gasteiger partial charge on any atom is -0.507 e. The Morgan fingerprint density at radius 2 is 1.32 bits per heavy atom. The lowest BCUT2D eigenvalue weighted by Gasteiger charge is -2.08. The minimum absolute atomic E-state index is 0.156. The first-order valence-electron chi connectivity index (χ1n) is 8.82. The third-order valence-corrected chi connectivity index (χ3v) is 4.65. The fourth-order valence-electron chi connectivity index (χ4n) is 3.35. The molecule has 0 fully saturated rings. The summed E-state index contributed by atoms with van der Waals surface area (Å²) in [5.74, 6) is 0.447. The van der Waals surface area contributed by atoms with E-state index >= 15 is 0 Å². The Morgan fingerprint density at radius 1 is 0.714 bits per heavy atom. The lowest BCUT2D eigenvalue weighted by Crippen LogP contribution is -2.00. The quantitative estimate of drug-likeness (QED) is 0.280. The third-order valence-electron chi connectivity index (χ3n) is 4.65. The van der Waals surface area contributed by atoms with Gasteiger partial charge < -0.3 is 5.11 Å². The van der Waals surface area contributed by atoms with E-state index in [1.165, 1.54) is 6.21 Å². The van der Waals surface area contributed by atoms with Crippen LogP contribution in [0.15, 0.2) is 77.9 Å². The number of anilines is 1. The molecule has 0 amide bonds. The number of benzene rings is 4. The van der Waals surface area contributed by atoms with Crippen molar-refractivity contribution in [2.45, 2.75) is 0 Å². The lowest BCUT2D eigenvalue weighted by molar-refractivity contribution is 0.474. The molecule has 134 valence electrons. The average molecular weight is 365 g/mol. The summed E-state index contributed by atoms with van der Waals surface area (Å²) in [5, 5.41) is 26.8. The van der Waals surface area contributed by atoms with Crippen molar-refractivity contribution < 1.29 is 5.11 Å². The highest BCUT2D eigenvalue weighted by Gasteiger charge is 2.11. The summed E-state index contributed by atoms with van der Waals surface area (Å²) in [7, 11) is 0. The van der Waals surface area contributed by atoms with Crippen molar-refractivity contribution >= 4 is 44.7 Å². The molecule has 5 aromatic rings. The van der Waals surface area contributed by atoms with E-state index in [1.54, 1.807) is 18.2 Å². The number of hydrazone groups is 1. The minimum atomic E-state index is 0.156. The zero-order chi connectivity index (χ0) is 18.9. The fraction of sp³-hybridized carbons (Fsp3) is 0. The van der Waals surface area contributed by atoms with Gasteiger partial charge in [-0.25, -0.2) is 10.4 Å². The van der Waals surface area contributed by atoms with Crippen LogP contribution < -0.4 is 5.43 Å². The number of phenols is 1. The number of fused-ring (bicyclic) bond motifs is 6. The van der Waals surface area contributed by atoms with Gasteiger partial charge in [0.15, 0.2) is 0 Å². The number of nitrogens with one attached hydrogen (secondary N) is 1. The molecule has 0 atom stereocenters. The van der Waals surface area contributed by atoms with Gasteiger partial charge in [-0.05, 0) is 22.9 Å². The molecule has 1 aromatic heterocycles. The van der Waals surface area contributed by atoms with Crippen molar-refractivity contribution in [2.24, 2.45) is 5.10 Å². The van der Waals surface area contributed by atoms with Gasteiger partial charge in [0.05, 0.1) is 6.21 Å². The SMILES string of the molecule is Oc1ccccc1C=NNc1nnc2c3ccccc3c3ccccc3c2n1. The second-order valence-corrected chi connectivity index (χ2v) is 6.35. The van der Waals surface area contributed by atoms with Gasteiger partial charge in [-0.3, -0.25) is 0 Å². The van der Waals surface area contributed by atoms with E-state index in [0.717, 1.165) is 32.6 Å². The van der Waals surface area contributed by atoms with Crippen LogP contribution in [-0.4, -0.2) is 26.5 Å². The van der Waals surface area contributed by atoms with Crippen LogP contribution in [-0.2, 0) is 0 Å². The smallest absolute Gasteiger partial charge is 0.263 e. The van der Waals surface area contributed by atoms with Gasteiger partial charge in [-0.2, -0.15) is 5.10 Å². The van der Waals surface area contributed by atoms with Crippen molar-refractivity contribution in [1.82, 2.24) is 15.2 Å². The van der Waals surface area contributed by atoms with Gasteiger partial charge in [0.2, 0.25) is 0 Å². The molecule has 6 nitrogen and oxygen atoms in total. The number of phenolic OH excluding ortho intramolecular Hbond substituents is 1. The Hall–Kier alpha value is -4.06. The zero-order valence-electron chi connectivity index (χ0n) is 14.7. The maximum absolute atomic E-state index is 9.81. The number of aromatic hydroxyl groups is 1. The Labute approximate surface area is 160 Å². The molecule has 0 unspecified atom stereocenters. The molecule has 28 heavy (non-hydrogen) atoms. The van der Waals surface area contributed by atoms with E-state index in [0.29, 0.717) is 11.5 Å². The molecule has 0 bridgehead atoms. The summed E-state index contributed by atoms with van der Waals surface area (Å²) in [5.41, 5.74) is 4.92. The van der Waals surface area contributed by atoms with E-state index in [1.807, 2.05) is 42.5 Å². The molecular formula is C22H15N5O. The van der Waals surface area contributed by atoms with E-state index < -0.39 is 0 Å². The van der Waals surface area contributed by atoms with Gasteiger partial charge in [0.25, 0.3) is 5.95 Å². The maximum Gasteiger partial charge on any atom is 0.263 e. The predicted molar refractivity (Wildman–Crippen MR) is 112 cm³/mol. The molecule has 4 aromatic carbocycles. The van der Waals surface area contributed by atoms with Gasteiger partial charge in [-0.1, -0.05) is 60.7 Å². The van der Waals surface area contributed by atoms with Gasteiger partial charge in [-0.15, -0.1) is 10.2 Å². The molecule has 2 N–H and O–H groups in total. The predicted octanol–water partition coefficient (Wildman–Crippen LogP) is 4.48. The van der Waals surface area contributed by atoms with Crippen LogP contribution in [0, 0.1) is 0 Å². The van der Waals surface area contributed by atoms with Crippen LogP contribution in [0.3, 0.4) is 0 Å². The number of hydrogen-bond acceptors (Lipinski definition) is 6. The second-order valence-electron chi connectivity index (χ2n) is 6.35. The van der Waals surface area contributed by atoms with Crippen LogP contribution in [0.2, 0.25) is 0 Å². The highest BCUT2D eigenvalue weighted by molar-refractivity contribution is 6.22. The Bertz CT molecular complexity index is 1330. The first-order chi connectivity index (χ1) is 13.8. The molecule has 0 radical (unpaired) electrons. The summed E-state index contributed by atoms with van der Waals surface area (Å²) in [4.78, 5) is 4.65. The van der Waals surface area contributed by atoms with E-state index in [9.17, 15) is 5.11 Å². The molecule has 0 saturated heterocycles. The van der Waals surface area contributed by atoms with Crippen molar-refractivity contribution in [3.8, 4) is 5.75 Å². The van der Waals surface area contributed by atoms with E-state index in [4.69, 9.17) is 0 Å². The molecule has 6 heteroatoms. The van der Waals surface area contributed by atoms with Crippen LogP contribution >= 0.6 is 0 Å². The van der Waals surface area contributed by atoms with Crippen molar-refractivity contribution in [1.29, 1.82) is 0 Å². The summed E-state index contributed by atoms with van der Waals surface area (Å²) in [6.45, 7) is 0. The van der Waals surface area contributed by atoms with Gasteiger partial charge in [0, 0.05) is 16.3 Å². The lowest BCUT2D eigenvalue weighted by atomic mass is 10.00. The van der Waals surface area contributed by atoms with Crippen molar-refractivity contribution in [2.75, 3.05) is 5.43 Å². The van der Waals surface area contributed by atoms with Crippen LogP contribution in [0.25, 0.3) is 32.6 Å². The Kier molecular flexibility index (Phi) is 3.80. The molecule has 0 aliphatic heterocycles. The zero-order valence-corrected chi connectivity index (χ0v) is 14.7. The van der Waals surface area contributed by atoms with Gasteiger partial charge >= 0.3 is 0 Å². The first kappa shape index (κ1) is 16.1. The molecule has 0 spiro atoms. The normalized spacial score (nSPS) is 11.6. The van der Waals surface area contributed by atoms with Gasteiger partial charge in [0.1, 0.15) is 16.8 Å². The Morgan fingerprint density at radius 3 is 2.04 bits per heavy atom. The van der Waals surface area contributed by atoms with E-state index in [-0.39, 0.29) is 5.75 Å². The molecular weight excluding hydrogens is 350 g/mol. The van der Waals surface area contributed by atoms with Crippen LogP contribution in [0.4, 0.5) is 5.95 Å². The fourth-order valence-corrected chi connectivity index (χ4v) is 3.35. The molecule has 0 saturated carbocycles. The summed E-state index contributed by atoms with van der Waals surface area (Å²) >= 11 is 0. The Balaban J connectivity index is 1.62. The molecule has 1 heterocycles. The summed E-state index contributed by atoms with van der Waals surface area (Å²) < 4.78 is 0. The summed E-state index contributed by atoms with van der Waals surface area (Å²) in [6, 6.07) is 23.2. The number of aromatic nitrogens is 3. The summed E-state index contributed by atoms with van der Waals surface area (Å²) in [6.07, 6.45) is 1.52. The monoisotopic (exact) mass is 365 g/mol. The van der Waals surface area contributed by atoms with Crippen molar-refractivity contribution in [3.05, 3.63) is 78.4 Å². The number of hydrogen-bond donors (Lipinski definition) is 2. The average Bonchev–Trinajstić information content (AvgIpc) is 2.75. The number of nitrogens with zero attached hydrogens (tertiary/aromatic N) is 4. The van der Waals surface area contributed by atoms with Crippen LogP contribution in [0.1, 0.15) is 5.56 Å². The maximum atomic E-state index is 9.81. The van der Waals surface area contributed by atoms with Crippen LogP contribution in [0.5, 0.6) is 5.75 Å².